The molecular formula is C15H15BrClN3O. The maximum absolute atomic E-state index is 12.4. The summed E-state index contributed by atoms with van der Waals surface area (Å²) in [7, 11) is 0. The minimum atomic E-state index is -0.218. The molecule has 0 atom stereocenters. The van der Waals surface area contributed by atoms with Crippen molar-refractivity contribution in [2.75, 3.05) is 17.2 Å². The first-order valence-corrected chi connectivity index (χ1v) is 7.73. The van der Waals surface area contributed by atoms with E-state index in [4.69, 9.17) is 11.6 Å². The predicted molar refractivity (Wildman–Crippen MR) is 90.1 cm³/mol. The average molecular weight is 369 g/mol. The number of hydrogen-bond acceptors (Lipinski definition) is 3. The van der Waals surface area contributed by atoms with Gasteiger partial charge in [0, 0.05) is 27.9 Å². The van der Waals surface area contributed by atoms with E-state index < -0.39 is 0 Å². The molecule has 4 nitrogen and oxygen atoms in total. The minimum Gasteiger partial charge on any atom is -0.369 e. The van der Waals surface area contributed by atoms with Gasteiger partial charge in [-0.15, -0.1) is 0 Å². The Morgan fingerprint density at radius 3 is 2.71 bits per heavy atom. The summed E-state index contributed by atoms with van der Waals surface area (Å²) in [6.45, 7) is 2.81. The van der Waals surface area contributed by atoms with Crippen molar-refractivity contribution in [3.63, 3.8) is 0 Å². The van der Waals surface area contributed by atoms with Gasteiger partial charge < -0.3 is 10.6 Å². The van der Waals surface area contributed by atoms with Gasteiger partial charge in [0.25, 0.3) is 5.91 Å². The summed E-state index contributed by atoms with van der Waals surface area (Å²) in [5.41, 5.74) is 1.18. The van der Waals surface area contributed by atoms with E-state index in [0.717, 1.165) is 17.4 Å². The second-order valence-corrected chi connectivity index (χ2v) is 5.79. The normalized spacial score (nSPS) is 10.2. The minimum absolute atomic E-state index is 0.218. The fourth-order valence-corrected chi connectivity index (χ4v) is 2.19. The van der Waals surface area contributed by atoms with Crippen LogP contribution in [0.5, 0.6) is 0 Å². The lowest BCUT2D eigenvalue weighted by Crippen LogP contribution is -2.16. The average Bonchev–Trinajstić information content (AvgIpc) is 2.48. The van der Waals surface area contributed by atoms with Gasteiger partial charge in [0.05, 0.1) is 5.56 Å². The second kappa shape index (κ2) is 7.43. The molecule has 2 aromatic rings. The molecule has 1 aromatic heterocycles. The third-order valence-corrected chi connectivity index (χ3v) is 3.43. The molecule has 0 spiro atoms. The molecule has 1 aromatic carbocycles. The molecule has 21 heavy (non-hydrogen) atoms. The number of nitrogens with zero attached hydrogens (tertiary/aromatic N) is 1. The third-order valence-electron chi connectivity index (χ3n) is 2.74. The maximum atomic E-state index is 12.4. The van der Waals surface area contributed by atoms with E-state index in [1.807, 2.05) is 0 Å². The van der Waals surface area contributed by atoms with E-state index in [1.54, 1.807) is 36.5 Å². The van der Waals surface area contributed by atoms with Crippen LogP contribution in [0.15, 0.2) is 41.0 Å². The Morgan fingerprint density at radius 2 is 2.05 bits per heavy atom. The monoisotopic (exact) mass is 367 g/mol. The molecule has 1 amide bonds. The highest BCUT2D eigenvalue weighted by Gasteiger charge is 2.13. The molecule has 0 aliphatic heterocycles. The Kier molecular flexibility index (Phi) is 5.59. The summed E-state index contributed by atoms with van der Waals surface area (Å²) in [5, 5.41) is 6.61. The smallest absolute Gasteiger partial charge is 0.259 e. The molecule has 0 saturated heterocycles. The van der Waals surface area contributed by atoms with E-state index >= 15 is 0 Å². The topological polar surface area (TPSA) is 54.0 Å². The SMILES string of the molecule is CCCNc1ncc(Br)cc1C(=O)Nc1ccc(Cl)cc1. The number of carbonyl (C=O) groups is 1. The first-order valence-electron chi connectivity index (χ1n) is 6.56. The van der Waals surface area contributed by atoms with E-state index in [2.05, 4.69) is 38.5 Å². The molecule has 6 heteroatoms. The van der Waals surface area contributed by atoms with E-state index in [-0.39, 0.29) is 5.91 Å². The van der Waals surface area contributed by atoms with Gasteiger partial charge in [-0.05, 0) is 52.7 Å². The van der Waals surface area contributed by atoms with Gasteiger partial charge in [-0.25, -0.2) is 4.98 Å². The Morgan fingerprint density at radius 1 is 1.33 bits per heavy atom. The lowest BCUT2D eigenvalue weighted by atomic mass is 10.2. The van der Waals surface area contributed by atoms with Crippen LogP contribution in [0.1, 0.15) is 23.7 Å². The first kappa shape index (κ1) is 15.8. The van der Waals surface area contributed by atoms with Crippen LogP contribution in [0.2, 0.25) is 5.02 Å². The van der Waals surface area contributed by atoms with Gasteiger partial charge in [0.2, 0.25) is 0 Å². The fourth-order valence-electron chi connectivity index (χ4n) is 1.73. The van der Waals surface area contributed by atoms with Crippen LogP contribution in [0.4, 0.5) is 11.5 Å². The zero-order valence-electron chi connectivity index (χ0n) is 11.5. The maximum Gasteiger partial charge on any atom is 0.259 e. The summed E-state index contributed by atoms with van der Waals surface area (Å²) in [6.07, 6.45) is 2.62. The quantitative estimate of drug-likeness (QED) is 0.812. The zero-order valence-corrected chi connectivity index (χ0v) is 13.8. The molecule has 0 unspecified atom stereocenters. The van der Waals surface area contributed by atoms with Crippen molar-refractivity contribution in [3.05, 3.63) is 51.6 Å². The van der Waals surface area contributed by atoms with Crippen LogP contribution in [-0.4, -0.2) is 17.4 Å². The van der Waals surface area contributed by atoms with Gasteiger partial charge in [-0.2, -0.15) is 0 Å². The van der Waals surface area contributed by atoms with Crippen LogP contribution in [0.25, 0.3) is 0 Å². The molecule has 0 aliphatic carbocycles. The van der Waals surface area contributed by atoms with Gasteiger partial charge in [0.15, 0.2) is 0 Å². The van der Waals surface area contributed by atoms with Crippen molar-refractivity contribution in [2.24, 2.45) is 0 Å². The fraction of sp³-hybridized carbons (Fsp3) is 0.200. The standard InChI is InChI=1S/C15H15BrClN3O/c1-2-7-18-14-13(8-10(16)9-19-14)15(21)20-12-5-3-11(17)4-6-12/h3-6,8-9H,2,7H2,1H3,(H,18,19)(H,20,21). The Bertz CT molecular complexity index is 631. The van der Waals surface area contributed by atoms with Gasteiger partial charge >= 0.3 is 0 Å². The van der Waals surface area contributed by atoms with E-state index in [9.17, 15) is 4.79 Å². The van der Waals surface area contributed by atoms with Gasteiger partial charge in [-0.1, -0.05) is 18.5 Å². The van der Waals surface area contributed by atoms with Crippen molar-refractivity contribution in [2.45, 2.75) is 13.3 Å². The molecule has 0 saturated carbocycles. The third kappa shape index (κ3) is 4.44. The highest BCUT2D eigenvalue weighted by atomic mass is 79.9. The van der Waals surface area contributed by atoms with Gasteiger partial charge in [0.1, 0.15) is 5.82 Å². The van der Waals surface area contributed by atoms with Crippen LogP contribution in [0, 0.1) is 0 Å². The molecule has 0 radical (unpaired) electrons. The zero-order chi connectivity index (χ0) is 15.2. The predicted octanol–water partition coefficient (Wildman–Crippen LogP) is 4.57. The molecule has 2 N–H and O–H groups in total. The molecule has 0 bridgehead atoms. The van der Waals surface area contributed by atoms with Crippen LogP contribution in [-0.2, 0) is 0 Å². The largest absolute Gasteiger partial charge is 0.369 e. The molecule has 0 aliphatic rings. The second-order valence-electron chi connectivity index (χ2n) is 4.44. The summed E-state index contributed by atoms with van der Waals surface area (Å²) >= 11 is 9.17. The molecular weight excluding hydrogens is 354 g/mol. The summed E-state index contributed by atoms with van der Waals surface area (Å²) in [4.78, 5) is 16.6. The highest BCUT2D eigenvalue weighted by Crippen LogP contribution is 2.20. The van der Waals surface area contributed by atoms with Crippen LogP contribution in [0.3, 0.4) is 0 Å². The number of rotatable bonds is 5. The molecule has 2 rings (SSSR count). The highest BCUT2D eigenvalue weighted by molar-refractivity contribution is 9.10. The Balaban J connectivity index is 2.20. The van der Waals surface area contributed by atoms with Crippen molar-refractivity contribution >= 4 is 44.9 Å². The number of benzene rings is 1. The Labute approximate surface area is 137 Å². The first-order chi connectivity index (χ1) is 10.1. The van der Waals surface area contributed by atoms with Crippen LogP contribution >= 0.6 is 27.5 Å². The van der Waals surface area contributed by atoms with E-state index in [1.165, 1.54) is 0 Å². The number of pyridine rings is 1. The Hall–Kier alpha value is -1.59. The molecule has 110 valence electrons. The molecule has 0 fully saturated rings. The van der Waals surface area contributed by atoms with Crippen molar-refractivity contribution in [3.8, 4) is 0 Å². The lowest BCUT2D eigenvalue weighted by molar-refractivity contribution is 0.102. The summed E-state index contributed by atoms with van der Waals surface area (Å²) in [5.74, 6) is 0.358. The number of aromatic nitrogens is 1. The number of amides is 1. The number of anilines is 2. The van der Waals surface area contributed by atoms with Crippen molar-refractivity contribution in [1.82, 2.24) is 4.98 Å². The summed E-state index contributed by atoms with van der Waals surface area (Å²) < 4.78 is 0.755. The lowest BCUT2D eigenvalue weighted by Gasteiger charge is -2.11. The van der Waals surface area contributed by atoms with Crippen molar-refractivity contribution in [1.29, 1.82) is 0 Å². The van der Waals surface area contributed by atoms with Gasteiger partial charge in [-0.3, -0.25) is 4.79 Å². The number of nitrogens with one attached hydrogen (secondary N) is 2. The van der Waals surface area contributed by atoms with Crippen LogP contribution < -0.4 is 10.6 Å². The number of carbonyl (C=O) groups excluding carboxylic acids is 1. The molecule has 1 heterocycles. The van der Waals surface area contributed by atoms with Crippen molar-refractivity contribution < 1.29 is 4.79 Å². The summed E-state index contributed by atoms with van der Waals surface area (Å²) in [6, 6.07) is 8.71. The van der Waals surface area contributed by atoms with E-state index in [0.29, 0.717) is 22.1 Å². The number of halogens is 2. The number of hydrogen-bond donors (Lipinski definition) is 2.